The first-order valence-corrected chi connectivity index (χ1v) is 7.48. The number of alkyl halides is 3. The van der Waals surface area contributed by atoms with Gasteiger partial charge < -0.3 is 5.32 Å². The molecule has 128 valence electrons. The molecule has 0 atom stereocenters. The van der Waals surface area contributed by atoms with Gasteiger partial charge in [0.1, 0.15) is 0 Å². The van der Waals surface area contributed by atoms with Gasteiger partial charge in [-0.1, -0.05) is 36.4 Å². The Morgan fingerprint density at radius 3 is 2.40 bits per heavy atom. The van der Waals surface area contributed by atoms with Crippen molar-refractivity contribution in [3.05, 3.63) is 82.1 Å². The summed E-state index contributed by atoms with van der Waals surface area (Å²) in [4.78, 5) is 11.0. The van der Waals surface area contributed by atoms with Crippen LogP contribution in [0.4, 0.5) is 18.9 Å². The Morgan fingerprint density at radius 2 is 1.76 bits per heavy atom. The van der Waals surface area contributed by atoms with E-state index in [9.17, 15) is 18.0 Å². The maximum Gasteiger partial charge on any atom is 0.418 e. The lowest BCUT2D eigenvalue weighted by Crippen LogP contribution is -2.11. The number of anilines is 1. The molecule has 25 heavy (non-hydrogen) atoms. The van der Waals surface area contributed by atoms with Crippen LogP contribution in [-0.4, -0.2) is 10.2 Å². The summed E-state index contributed by atoms with van der Waals surface area (Å²) in [6.07, 6.45) is -4.52. The standard InChI is InChI=1S/C18H14F3N3O/c19-18(20,21)14-10-13(15-8-9-17(25)24-23-15)6-7-16(14)22-11-12-4-2-1-3-5-12/h1-10,22H,11H2,(H,24,25). The highest BCUT2D eigenvalue weighted by Gasteiger charge is 2.34. The Bertz CT molecular complexity index is 900. The van der Waals surface area contributed by atoms with Crippen LogP contribution in [0.15, 0.2) is 65.5 Å². The zero-order valence-electron chi connectivity index (χ0n) is 13.0. The highest BCUT2D eigenvalue weighted by atomic mass is 19.4. The molecule has 1 heterocycles. The molecule has 2 N–H and O–H groups in total. The van der Waals surface area contributed by atoms with Crippen LogP contribution < -0.4 is 10.9 Å². The van der Waals surface area contributed by atoms with Crippen molar-refractivity contribution in [1.82, 2.24) is 10.2 Å². The first kappa shape index (κ1) is 16.8. The van der Waals surface area contributed by atoms with Crippen molar-refractivity contribution < 1.29 is 13.2 Å². The minimum atomic E-state index is -4.52. The molecule has 0 radical (unpaired) electrons. The van der Waals surface area contributed by atoms with Gasteiger partial charge in [-0.15, -0.1) is 0 Å². The lowest BCUT2D eigenvalue weighted by atomic mass is 10.0. The molecule has 2 aromatic carbocycles. The molecule has 0 saturated carbocycles. The van der Waals surface area contributed by atoms with Crippen LogP contribution >= 0.6 is 0 Å². The Labute approximate surface area is 141 Å². The molecular formula is C18H14F3N3O. The fourth-order valence-electron chi connectivity index (χ4n) is 2.39. The molecule has 0 saturated heterocycles. The molecule has 1 aromatic heterocycles. The average molecular weight is 345 g/mol. The van der Waals surface area contributed by atoms with Gasteiger partial charge in [0.15, 0.2) is 0 Å². The summed E-state index contributed by atoms with van der Waals surface area (Å²) in [7, 11) is 0. The smallest absolute Gasteiger partial charge is 0.380 e. The van der Waals surface area contributed by atoms with Crippen LogP contribution in [0.3, 0.4) is 0 Å². The Hall–Kier alpha value is -3.09. The molecule has 3 aromatic rings. The summed E-state index contributed by atoms with van der Waals surface area (Å²) in [5, 5.41) is 8.81. The molecule has 0 bridgehead atoms. The summed E-state index contributed by atoms with van der Waals surface area (Å²) in [6.45, 7) is 0.278. The van der Waals surface area contributed by atoms with Crippen LogP contribution in [0, 0.1) is 0 Å². The van der Waals surface area contributed by atoms with Crippen LogP contribution in [0.5, 0.6) is 0 Å². The van der Waals surface area contributed by atoms with Gasteiger partial charge in [0.2, 0.25) is 0 Å². The number of benzene rings is 2. The first-order chi connectivity index (χ1) is 11.9. The minimum absolute atomic E-state index is 0.00970. The number of hydrogen-bond acceptors (Lipinski definition) is 3. The maximum atomic E-state index is 13.4. The number of aromatic nitrogens is 2. The second-order valence-electron chi connectivity index (χ2n) is 5.40. The van der Waals surface area contributed by atoms with Crippen LogP contribution in [-0.2, 0) is 12.7 Å². The Balaban J connectivity index is 1.93. The van der Waals surface area contributed by atoms with Gasteiger partial charge in [0, 0.05) is 23.9 Å². The minimum Gasteiger partial charge on any atom is -0.380 e. The van der Waals surface area contributed by atoms with E-state index >= 15 is 0 Å². The number of aromatic amines is 1. The second kappa shape index (κ2) is 6.80. The largest absolute Gasteiger partial charge is 0.418 e. The van der Waals surface area contributed by atoms with Crippen molar-refractivity contribution in [2.24, 2.45) is 0 Å². The fourth-order valence-corrected chi connectivity index (χ4v) is 2.39. The van der Waals surface area contributed by atoms with Crippen molar-refractivity contribution in [2.75, 3.05) is 5.32 Å². The maximum absolute atomic E-state index is 13.4. The first-order valence-electron chi connectivity index (χ1n) is 7.48. The molecule has 0 unspecified atom stereocenters. The van der Waals surface area contributed by atoms with Crippen molar-refractivity contribution in [3.8, 4) is 11.3 Å². The van der Waals surface area contributed by atoms with Gasteiger partial charge in [-0.2, -0.15) is 18.3 Å². The van der Waals surface area contributed by atoms with Crippen molar-refractivity contribution >= 4 is 5.69 Å². The number of rotatable bonds is 4. The summed E-state index contributed by atoms with van der Waals surface area (Å²) in [5.41, 5.74) is 0.204. The topological polar surface area (TPSA) is 57.8 Å². The Kier molecular flexibility index (Phi) is 4.56. The Morgan fingerprint density at radius 1 is 1.00 bits per heavy atom. The number of hydrogen-bond donors (Lipinski definition) is 2. The molecule has 0 aliphatic heterocycles. The molecule has 0 spiro atoms. The number of halogens is 3. The summed E-state index contributed by atoms with van der Waals surface area (Å²) < 4.78 is 40.2. The predicted octanol–water partition coefficient (Wildman–Crippen LogP) is 4.07. The van der Waals surface area contributed by atoms with Crippen molar-refractivity contribution in [3.63, 3.8) is 0 Å². The van der Waals surface area contributed by atoms with Crippen LogP contribution in [0.1, 0.15) is 11.1 Å². The van der Waals surface area contributed by atoms with Gasteiger partial charge >= 0.3 is 6.18 Å². The van der Waals surface area contributed by atoms with Crippen LogP contribution in [0.25, 0.3) is 11.3 Å². The van der Waals surface area contributed by atoms with E-state index in [0.29, 0.717) is 0 Å². The van der Waals surface area contributed by atoms with E-state index in [-0.39, 0.29) is 23.5 Å². The third-order valence-electron chi connectivity index (χ3n) is 3.63. The molecule has 0 fully saturated rings. The lowest BCUT2D eigenvalue weighted by molar-refractivity contribution is -0.136. The van der Waals surface area contributed by atoms with Crippen molar-refractivity contribution in [1.29, 1.82) is 0 Å². The monoisotopic (exact) mass is 345 g/mol. The van der Waals surface area contributed by atoms with Gasteiger partial charge in [0.05, 0.1) is 11.3 Å². The zero-order chi connectivity index (χ0) is 17.9. The van der Waals surface area contributed by atoms with E-state index in [1.807, 2.05) is 30.3 Å². The van der Waals surface area contributed by atoms with E-state index in [1.54, 1.807) is 0 Å². The fraction of sp³-hybridized carbons (Fsp3) is 0.111. The van der Waals surface area contributed by atoms with Gasteiger partial charge in [-0.05, 0) is 23.8 Å². The third-order valence-corrected chi connectivity index (χ3v) is 3.63. The summed E-state index contributed by atoms with van der Waals surface area (Å²) in [5.74, 6) is 0. The molecular weight excluding hydrogens is 331 g/mol. The number of nitrogens with zero attached hydrogens (tertiary/aromatic N) is 1. The van der Waals surface area contributed by atoms with E-state index < -0.39 is 17.3 Å². The summed E-state index contributed by atoms with van der Waals surface area (Å²) in [6, 6.07) is 15.7. The average Bonchev–Trinajstić information content (AvgIpc) is 2.61. The molecule has 3 rings (SSSR count). The zero-order valence-corrected chi connectivity index (χ0v) is 13.0. The second-order valence-corrected chi connectivity index (χ2v) is 5.40. The van der Waals surface area contributed by atoms with Crippen LogP contribution in [0.2, 0.25) is 0 Å². The molecule has 7 heteroatoms. The third kappa shape index (κ3) is 4.06. The SMILES string of the molecule is O=c1ccc(-c2ccc(NCc3ccccc3)c(C(F)(F)F)c2)n[nH]1. The molecule has 4 nitrogen and oxygen atoms in total. The molecule has 0 aliphatic carbocycles. The van der Waals surface area contributed by atoms with Crippen molar-refractivity contribution in [2.45, 2.75) is 12.7 Å². The molecule has 0 amide bonds. The van der Waals surface area contributed by atoms with E-state index in [0.717, 1.165) is 11.6 Å². The normalized spacial score (nSPS) is 11.3. The quantitative estimate of drug-likeness (QED) is 0.749. The van der Waals surface area contributed by atoms with Gasteiger partial charge in [-0.3, -0.25) is 4.79 Å². The summed E-state index contributed by atoms with van der Waals surface area (Å²) >= 11 is 0. The predicted molar refractivity (Wildman–Crippen MR) is 89.1 cm³/mol. The van der Waals surface area contributed by atoms with Gasteiger partial charge in [-0.25, -0.2) is 5.10 Å². The lowest BCUT2D eigenvalue weighted by Gasteiger charge is -2.16. The molecule has 0 aliphatic rings. The number of H-pyrrole nitrogens is 1. The number of nitrogens with one attached hydrogen (secondary N) is 2. The van der Waals surface area contributed by atoms with E-state index in [2.05, 4.69) is 15.5 Å². The van der Waals surface area contributed by atoms with Gasteiger partial charge in [0.25, 0.3) is 5.56 Å². The van der Waals surface area contributed by atoms with E-state index in [1.165, 1.54) is 24.3 Å². The highest BCUT2D eigenvalue weighted by molar-refractivity contribution is 5.66. The van der Waals surface area contributed by atoms with E-state index in [4.69, 9.17) is 0 Å². The highest BCUT2D eigenvalue weighted by Crippen LogP contribution is 2.37.